The van der Waals surface area contributed by atoms with Gasteiger partial charge in [0.15, 0.2) is 0 Å². The SMILES string of the molecule is CC1CC(C)CC(C(=O)O)(C2(O)CCCN(C(=O)OC(C)(C)C)C2)C1. The molecule has 0 radical (unpaired) electrons. The first-order chi connectivity index (χ1) is 11.4. The van der Waals surface area contributed by atoms with Gasteiger partial charge in [0.25, 0.3) is 0 Å². The fourth-order valence-electron chi connectivity index (χ4n) is 4.79. The van der Waals surface area contributed by atoms with E-state index in [1.807, 2.05) is 13.8 Å². The molecule has 0 aromatic carbocycles. The first-order valence-electron chi connectivity index (χ1n) is 9.32. The summed E-state index contributed by atoms with van der Waals surface area (Å²) in [6, 6.07) is 0. The van der Waals surface area contributed by atoms with Gasteiger partial charge in [-0.15, -0.1) is 0 Å². The lowest BCUT2D eigenvalue weighted by Crippen LogP contribution is -2.64. The number of rotatable bonds is 2. The van der Waals surface area contributed by atoms with Crippen molar-refractivity contribution < 1.29 is 24.5 Å². The highest BCUT2D eigenvalue weighted by Crippen LogP contribution is 2.52. The number of aliphatic carboxylic acids is 1. The maximum absolute atomic E-state index is 12.4. The van der Waals surface area contributed by atoms with Gasteiger partial charge in [-0.05, 0) is 64.7 Å². The molecule has 0 aromatic rings. The van der Waals surface area contributed by atoms with Crippen molar-refractivity contribution in [3.63, 3.8) is 0 Å². The zero-order valence-corrected chi connectivity index (χ0v) is 16.2. The molecule has 2 aliphatic rings. The summed E-state index contributed by atoms with van der Waals surface area (Å²) in [5.74, 6) is -0.471. The average Bonchev–Trinajstić information content (AvgIpc) is 2.44. The molecule has 0 bridgehead atoms. The second kappa shape index (κ2) is 6.78. The lowest BCUT2D eigenvalue weighted by Gasteiger charge is -2.53. The van der Waals surface area contributed by atoms with Crippen molar-refractivity contribution in [2.75, 3.05) is 13.1 Å². The van der Waals surface area contributed by atoms with Gasteiger partial charge in [0, 0.05) is 6.54 Å². The van der Waals surface area contributed by atoms with Gasteiger partial charge >= 0.3 is 12.1 Å². The highest BCUT2D eigenvalue weighted by atomic mass is 16.6. The van der Waals surface area contributed by atoms with Crippen LogP contribution >= 0.6 is 0 Å². The van der Waals surface area contributed by atoms with Crippen molar-refractivity contribution in [1.82, 2.24) is 4.90 Å². The van der Waals surface area contributed by atoms with Gasteiger partial charge < -0.3 is 19.8 Å². The Kier molecular flexibility index (Phi) is 5.43. The minimum Gasteiger partial charge on any atom is -0.481 e. The van der Waals surface area contributed by atoms with Crippen LogP contribution in [0.1, 0.15) is 66.7 Å². The second-order valence-electron chi connectivity index (χ2n) is 9.28. The quantitative estimate of drug-likeness (QED) is 0.794. The Morgan fingerprint density at radius 2 is 1.72 bits per heavy atom. The molecule has 6 nitrogen and oxygen atoms in total. The molecule has 2 N–H and O–H groups in total. The van der Waals surface area contributed by atoms with Crippen molar-refractivity contribution in [1.29, 1.82) is 0 Å². The van der Waals surface area contributed by atoms with Crippen molar-refractivity contribution in [2.45, 2.75) is 77.9 Å². The number of carbonyl (C=O) groups excluding carboxylic acids is 1. The van der Waals surface area contributed by atoms with Crippen LogP contribution in [-0.4, -0.2) is 51.5 Å². The molecular formula is C19H33NO5. The van der Waals surface area contributed by atoms with Crippen molar-refractivity contribution in [2.24, 2.45) is 17.3 Å². The number of carboxylic acid groups (broad SMARTS) is 1. The predicted octanol–water partition coefficient (Wildman–Crippen LogP) is 3.28. The van der Waals surface area contributed by atoms with Crippen LogP contribution < -0.4 is 0 Å². The van der Waals surface area contributed by atoms with Crippen LogP contribution in [0.5, 0.6) is 0 Å². The summed E-state index contributed by atoms with van der Waals surface area (Å²) in [4.78, 5) is 26.2. The zero-order valence-electron chi connectivity index (χ0n) is 16.2. The summed E-state index contributed by atoms with van der Waals surface area (Å²) in [6.45, 7) is 9.99. The van der Waals surface area contributed by atoms with Gasteiger partial charge in [-0.3, -0.25) is 4.79 Å². The van der Waals surface area contributed by atoms with E-state index in [9.17, 15) is 19.8 Å². The minimum atomic E-state index is -1.42. The summed E-state index contributed by atoms with van der Waals surface area (Å²) in [5.41, 5.74) is -3.24. The number of piperidine rings is 1. The van der Waals surface area contributed by atoms with E-state index < -0.39 is 28.7 Å². The molecule has 2 rings (SSSR count). The number of hydrogen-bond acceptors (Lipinski definition) is 4. The van der Waals surface area contributed by atoms with Gasteiger partial charge in [0.2, 0.25) is 0 Å². The average molecular weight is 355 g/mol. The third-order valence-corrected chi connectivity index (χ3v) is 5.62. The lowest BCUT2D eigenvalue weighted by atomic mass is 9.56. The van der Waals surface area contributed by atoms with Crippen molar-refractivity contribution in [3.8, 4) is 0 Å². The van der Waals surface area contributed by atoms with Crippen LogP contribution in [0.15, 0.2) is 0 Å². The Morgan fingerprint density at radius 3 is 2.20 bits per heavy atom. The normalized spacial score (nSPS) is 36.8. The Morgan fingerprint density at radius 1 is 1.16 bits per heavy atom. The molecule has 3 unspecified atom stereocenters. The molecular weight excluding hydrogens is 322 g/mol. The number of β-amino-alcohol motifs (C(OH)–C–C–N with tert-alkyl or cyclic N) is 1. The molecule has 0 spiro atoms. The van der Waals surface area contributed by atoms with E-state index in [-0.39, 0.29) is 18.4 Å². The molecule has 1 saturated carbocycles. The van der Waals surface area contributed by atoms with Crippen LogP contribution in [0.2, 0.25) is 0 Å². The second-order valence-corrected chi connectivity index (χ2v) is 9.28. The molecule has 25 heavy (non-hydrogen) atoms. The molecule has 6 heteroatoms. The molecule has 1 aliphatic heterocycles. The first kappa shape index (κ1) is 20.0. The number of nitrogens with zero attached hydrogens (tertiary/aromatic N) is 1. The summed E-state index contributed by atoms with van der Waals surface area (Å²) in [6.07, 6.45) is 2.37. The molecule has 144 valence electrons. The molecule has 2 fully saturated rings. The van der Waals surface area contributed by atoms with Crippen LogP contribution in [0.4, 0.5) is 4.79 Å². The molecule has 3 atom stereocenters. The van der Waals surface area contributed by atoms with Gasteiger partial charge in [0.05, 0.1) is 17.6 Å². The number of likely N-dealkylation sites (tertiary alicyclic amines) is 1. The molecule has 1 heterocycles. The van der Waals surface area contributed by atoms with Crippen LogP contribution in [-0.2, 0) is 9.53 Å². The van der Waals surface area contributed by atoms with E-state index in [2.05, 4.69) is 0 Å². The lowest BCUT2D eigenvalue weighted by molar-refractivity contribution is -0.190. The fraction of sp³-hybridized carbons (Fsp3) is 0.895. The maximum atomic E-state index is 12.4. The van der Waals surface area contributed by atoms with Crippen LogP contribution in [0, 0.1) is 17.3 Å². The standard InChI is InChI=1S/C19H33NO5/c1-13-9-14(2)11-18(10-13,15(21)22)19(24)7-6-8-20(12-19)16(23)25-17(3,4)5/h13-14,24H,6-12H2,1-5H3,(H,21,22). The third-order valence-electron chi connectivity index (χ3n) is 5.62. The van der Waals surface area contributed by atoms with E-state index in [4.69, 9.17) is 4.74 Å². The Bertz CT molecular complexity index is 516. The number of hydrogen-bond donors (Lipinski definition) is 2. The largest absolute Gasteiger partial charge is 0.481 e. The fourth-order valence-corrected chi connectivity index (χ4v) is 4.79. The van der Waals surface area contributed by atoms with E-state index in [1.54, 1.807) is 20.8 Å². The summed E-state index contributed by atoms with van der Waals surface area (Å²) in [7, 11) is 0. The zero-order chi connectivity index (χ0) is 19.0. The van der Waals surface area contributed by atoms with Crippen molar-refractivity contribution in [3.05, 3.63) is 0 Å². The third kappa shape index (κ3) is 4.10. The number of carboxylic acids is 1. The Labute approximate surface area is 150 Å². The first-order valence-corrected chi connectivity index (χ1v) is 9.32. The van der Waals surface area contributed by atoms with E-state index in [0.717, 1.165) is 6.42 Å². The summed E-state index contributed by atoms with van der Waals surface area (Å²) >= 11 is 0. The maximum Gasteiger partial charge on any atom is 0.410 e. The molecule has 1 saturated heterocycles. The van der Waals surface area contributed by atoms with Gasteiger partial charge in [-0.1, -0.05) is 13.8 Å². The van der Waals surface area contributed by atoms with Crippen LogP contribution in [0.25, 0.3) is 0 Å². The Hall–Kier alpha value is -1.30. The highest BCUT2D eigenvalue weighted by Gasteiger charge is 2.59. The summed E-state index contributed by atoms with van der Waals surface area (Å²) < 4.78 is 5.42. The van der Waals surface area contributed by atoms with Gasteiger partial charge in [0.1, 0.15) is 5.60 Å². The van der Waals surface area contributed by atoms with Crippen LogP contribution in [0.3, 0.4) is 0 Å². The summed E-state index contributed by atoms with van der Waals surface area (Å²) in [5, 5.41) is 21.5. The monoisotopic (exact) mass is 355 g/mol. The number of ether oxygens (including phenoxy) is 1. The van der Waals surface area contributed by atoms with Gasteiger partial charge in [-0.2, -0.15) is 0 Å². The number of aliphatic hydroxyl groups is 1. The highest BCUT2D eigenvalue weighted by molar-refractivity contribution is 5.77. The minimum absolute atomic E-state index is 0.0215. The molecule has 0 aromatic heterocycles. The number of amides is 1. The van der Waals surface area contributed by atoms with E-state index in [1.165, 1.54) is 4.90 Å². The smallest absolute Gasteiger partial charge is 0.410 e. The van der Waals surface area contributed by atoms with E-state index in [0.29, 0.717) is 32.2 Å². The van der Waals surface area contributed by atoms with Gasteiger partial charge in [-0.25, -0.2) is 4.79 Å². The number of carbonyl (C=O) groups is 2. The van der Waals surface area contributed by atoms with Crippen molar-refractivity contribution >= 4 is 12.1 Å². The topological polar surface area (TPSA) is 87.1 Å². The predicted molar refractivity (Wildman–Crippen MR) is 94.2 cm³/mol. The Balaban J connectivity index is 2.28. The molecule has 1 amide bonds. The van der Waals surface area contributed by atoms with E-state index >= 15 is 0 Å². The molecule has 1 aliphatic carbocycles.